The summed E-state index contributed by atoms with van der Waals surface area (Å²) in [6.07, 6.45) is 5.03. The number of benzene rings is 2. The molecule has 0 saturated heterocycles. The van der Waals surface area contributed by atoms with Crippen LogP contribution in [0.25, 0.3) is 27.6 Å². The van der Waals surface area contributed by atoms with Crippen LogP contribution < -0.4 is 10.3 Å². The highest BCUT2D eigenvalue weighted by molar-refractivity contribution is 7.99. The fourth-order valence-corrected chi connectivity index (χ4v) is 4.19. The van der Waals surface area contributed by atoms with Gasteiger partial charge in [0, 0.05) is 40.8 Å². The topological polar surface area (TPSA) is 72.8 Å². The molecule has 6 nitrogen and oxygen atoms in total. The molecule has 0 unspecified atom stereocenters. The van der Waals surface area contributed by atoms with Crippen LogP contribution in [0.1, 0.15) is 12.5 Å². The van der Waals surface area contributed by atoms with E-state index < -0.39 is 0 Å². The number of ether oxygens (including phenoxy) is 1. The predicted octanol–water partition coefficient (Wildman–Crippen LogP) is 4.38. The number of fused-ring (bicyclic) bond motifs is 1. The predicted molar refractivity (Wildman–Crippen MR) is 119 cm³/mol. The molecule has 7 heteroatoms. The molecule has 0 aliphatic heterocycles. The molecule has 0 spiro atoms. The van der Waals surface area contributed by atoms with Crippen molar-refractivity contribution >= 4 is 22.5 Å². The van der Waals surface area contributed by atoms with Gasteiger partial charge in [0.15, 0.2) is 0 Å². The second kappa shape index (κ2) is 8.09. The van der Waals surface area contributed by atoms with Crippen LogP contribution >= 0.6 is 11.8 Å². The van der Waals surface area contributed by atoms with Crippen LogP contribution in [0.4, 0.5) is 0 Å². The molecule has 2 heterocycles. The molecule has 2 aromatic carbocycles. The number of nitrogens with zero attached hydrogens (tertiary/aromatic N) is 4. The van der Waals surface area contributed by atoms with E-state index in [2.05, 4.69) is 24.2 Å². The van der Waals surface area contributed by atoms with Crippen molar-refractivity contribution in [2.24, 2.45) is 7.05 Å². The maximum atomic E-state index is 12.8. The first-order valence-corrected chi connectivity index (χ1v) is 10.4. The summed E-state index contributed by atoms with van der Waals surface area (Å²) in [6, 6.07) is 13.8. The first-order chi connectivity index (χ1) is 14.5. The van der Waals surface area contributed by atoms with E-state index in [9.17, 15) is 4.79 Å². The number of nitriles is 1. The molecular formula is C23H20N4O2S. The van der Waals surface area contributed by atoms with Crippen LogP contribution in [0.3, 0.4) is 0 Å². The van der Waals surface area contributed by atoms with Gasteiger partial charge >= 0.3 is 0 Å². The maximum Gasteiger partial charge on any atom is 0.258 e. The molecule has 0 fully saturated rings. The Kier molecular flexibility index (Phi) is 5.34. The lowest BCUT2D eigenvalue weighted by molar-refractivity contribution is 0.416. The van der Waals surface area contributed by atoms with E-state index in [0.717, 1.165) is 38.6 Å². The molecule has 0 aliphatic rings. The second-order valence-corrected chi connectivity index (χ2v) is 8.11. The monoisotopic (exact) mass is 416 g/mol. The highest BCUT2D eigenvalue weighted by Gasteiger charge is 2.15. The number of thioether (sulfide) groups is 1. The highest BCUT2D eigenvalue weighted by Crippen LogP contribution is 2.37. The normalized spacial score (nSPS) is 10.9. The van der Waals surface area contributed by atoms with Crippen molar-refractivity contribution in [3.63, 3.8) is 0 Å². The van der Waals surface area contributed by atoms with Gasteiger partial charge in [-0.3, -0.25) is 4.79 Å². The van der Waals surface area contributed by atoms with E-state index in [1.807, 2.05) is 30.5 Å². The van der Waals surface area contributed by atoms with Crippen LogP contribution in [-0.2, 0) is 7.05 Å². The molecule has 0 amide bonds. The van der Waals surface area contributed by atoms with Crippen molar-refractivity contribution in [1.29, 1.82) is 5.26 Å². The second-order valence-electron chi connectivity index (χ2n) is 6.77. The van der Waals surface area contributed by atoms with Crippen molar-refractivity contribution in [2.75, 3.05) is 12.9 Å². The summed E-state index contributed by atoms with van der Waals surface area (Å²) in [4.78, 5) is 13.9. The Morgan fingerprint density at radius 3 is 2.67 bits per heavy atom. The van der Waals surface area contributed by atoms with E-state index in [1.54, 1.807) is 47.4 Å². The molecule has 0 N–H and O–H groups in total. The summed E-state index contributed by atoms with van der Waals surface area (Å²) in [5.41, 5.74) is 3.00. The van der Waals surface area contributed by atoms with Gasteiger partial charge in [-0.2, -0.15) is 10.4 Å². The molecule has 4 rings (SSSR count). The van der Waals surface area contributed by atoms with E-state index in [-0.39, 0.29) is 5.56 Å². The molecule has 150 valence electrons. The van der Waals surface area contributed by atoms with Gasteiger partial charge in [0.05, 0.1) is 24.6 Å². The SMILES string of the molecule is CCSc1ccc(OC)c(-c2cn(C)c(=O)c3ccc(-n4cc(C#N)cn4)cc23)c1. The minimum atomic E-state index is -0.0727. The molecule has 4 aromatic rings. The zero-order valence-electron chi connectivity index (χ0n) is 16.9. The van der Waals surface area contributed by atoms with E-state index >= 15 is 0 Å². The number of methoxy groups -OCH3 is 1. The molecule has 0 aliphatic carbocycles. The molecule has 0 atom stereocenters. The zero-order valence-corrected chi connectivity index (χ0v) is 17.7. The van der Waals surface area contributed by atoms with Crippen LogP contribution in [0.15, 0.2) is 64.7 Å². The third-order valence-corrected chi connectivity index (χ3v) is 5.79. The van der Waals surface area contributed by atoms with Crippen LogP contribution in [0, 0.1) is 11.3 Å². The summed E-state index contributed by atoms with van der Waals surface area (Å²) >= 11 is 1.75. The van der Waals surface area contributed by atoms with Gasteiger partial charge in [0.1, 0.15) is 11.8 Å². The summed E-state index contributed by atoms with van der Waals surface area (Å²) < 4.78 is 8.87. The fraction of sp³-hybridized carbons (Fsp3) is 0.174. The Hall–Kier alpha value is -3.50. The zero-order chi connectivity index (χ0) is 21.3. The van der Waals surface area contributed by atoms with Gasteiger partial charge in [-0.15, -0.1) is 11.8 Å². The van der Waals surface area contributed by atoms with Crippen LogP contribution in [-0.4, -0.2) is 27.2 Å². The van der Waals surface area contributed by atoms with E-state index in [1.165, 1.54) is 6.20 Å². The lowest BCUT2D eigenvalue weighted by Crippen LogP contribution is -2.17. The molecule has 2 aromatic heterocycles. The number of aryl methyl sites for hydroxylation is 1. The van der Waals surface area contributed by atoms with Crippen LogP contribution in [0.5, 0.6) is 5.75 Å². The van der Waals surface area contributed by atoms with Gasteiger partial charge in [-0.25, -0.2) is 4.68 Å². The van der Waals surface area contributed by atoms with Crippen molar-refractivity contribution in [1.82, 2.24) is 14.3 Å². The average Bonchev–Trinajstić information content (AvgIpc) is 3.25. The Morgan fingerprint density at radius 2 is 1.97 bits per heavy atom. The Balaban J connectivity index is 2.01. The molecule has 30 heavy (non-hydrogen) atoms. The van der Waals surface area contributed by atoms with Crippen molar-refractivity contribution in [3.05, 3.63) is 70.9 Å². The van der Waals surface area contributed by atoms with Gasteiger partial charge in [0.2, 0.25) is 0 Å². The van der Waals surface area contributed by atoms with E-state index in [4.69, 9.17) is 10.00 Å². The summed E-state index contributed by atoms with van der Waals surface area (Å²) in [6.45, 7) is 2.11. The molecular weight excluding hydrogens is 396 g/mol. The summed E-state index contributed by atoms with van der Waals surface area (Å²) in [5.74, 6) is 1.71. The number of hydrogen-bond acceptors (Lipinski definition) is 5. The third-order valence-electron chi connectivity index (χ3n) is 4.92. The number of pyridine rings is 1. The largest absolute Gasteiger partial charge is 0.496 e. The van der Waals surface area contributed by atoms with Crippen molar-refractivity contribution in [3.8, 4) is 28.6 Å². The quantitative estimate of drug-likeness (QED) is 0.451. The summed E-state index contributed by atoms with van der Waals surface area (Å²) in [7, 11) is 3.40. The van der Waals surface area contributed by atoms with Crippen LogP contribution in [0.2, 0.25) is 0 Å². The first-order valence-electron chi connectivity index (χ1n) is 9.45. The molecule has 0 saturated carbocycles. The smallest absolute Gasteiger partial charge is 0.258 e. The van der Waals surface area contributed by atoms with Crippen molar-refractivity contribution in [2.45, 2.75) is 11.8 Å². The standard InChI is InChI=1S/C23H20N4O2S/c1-4-30-17-6-8-22(29-3)20(10-17)21-14-26(2)23(28)18-7-5-16(9-19(18)21)27-13-15(11-24)12-25-27/h5-10,12-14H,4H2,1-3H3. The Labute approximate surface area is 178 Å². The van der Waals surface area contributed by atoms with Crippen molar-refractivity contribution < 1.29 is 4.74 Å². The fourth-order valence-electron chi connectivity index (χ4n) is 3.49. The Bertz CT molecular complexity index is 1350. The van der Waals surface area contributed by atoms with Gasteiger partial charge in [-0.1, -0.05) is 6.92 Å². The molecule has 0 radical (unpaired) electrons. The summed E-state index contributed by atoms with van der Waals surface area (Å²) in [5, 5.41) is 14.8. The first kappa shape index (κ1) is 19.8. The molecule has 0 bridgehead atoms. The minimum Gasteiger partial charge on any atom is -0.496 e. The van der Waals surface area contributed by atoms with E-state index in [0.29, 0.717) is 10.9 Å². The minimum absolute atomic E-state index is 0.0727. The van der Waals surface area contributed by atoms with Gasteiger partial charge in [0.25, 0.3) is 5.56 Å². The lowest BCUT2D eigenvalue weighted by atomic mass is 9.99. The number of rotatable bonds is 5. The average molecular weight is 417 g/mol. The number of aromatic nitrogens is 3. The van der Waals surface area contributed by atoms with Gasteiger partial charge in [-0.05, 0) is 47.5 Å². The lowest BCUT2D eigenvalue weighted by Gasteiger charge is -2.15. The maximum absolute atomic E-state index is 12.8. The Morgan fingerprint density at radius 1 is 1.13 bits per heavy atom. The third kappa shape index (κ3) is 3.46. The highest BCUT2D eigenvalue weighted by atomic mass is 32.2. The van der Waals surface area contributed by atoms with Gasteiger partial charge < -0.3 is 9.30 Å². The number of hydrogen-bond donors (Lipinski definition) is 0.